The molecule has 0 atom stereocenters. The predicted molar refractivity (Wildman–Crippen MR) is 73.0 cm³/mol. The summed E-state index contributed by atoms with van der Waals surface area (Å²) in [6.45, 7) is 3.94. The summed E-state index contributed by atoms with van der Waals surface area (Å²) >= 11 is 9.14. The number of hydrogen-bond acceptors (Lipinski definition) is 3. The third-order valence-electron chi connectivity index (χ3n) is 2.44. The van der Waals surface area contributed by atoms with Crippen molar-refractivity contribution in [2.75, 3.05) is 0 Å². The van der Waals surface area contributed by atoms with Crippen LogP contribution >= 0.6 is 27.5 Å². The molecule has 0 radical (unpaired) electrons. The minimum atomic E-state index is -0.127. The van der Waals surface area contributed by atoms with Crippen LogP contribution in [0.15, 0.2) is 29.0 Å². The van der Waals surface area contributed by atoms with E-state index in [1.807, 2.05) is 13.8 Å². The summed E-state index contributed by atoms with van der Waals surface area (Å²) in [5.41, 5.74) is 1.02. The molecule has 0 aromatic carbocycles. The van der Waals surface area contributed by atoms with Crippen molar-refractivity contribution < 1.29 is 4.79 Å². The van der Waals surface area contributed by atoms with Gasteiger partial charge < -0.3 is 0 Å². The van der Waals surface area contributed by atoms with Crippen molar-refractivity contribution in [3.8, 4) is 0 Å². The first-order valence-electron chi connectivity index (χ1n) is 5.40. The van der Waals surface area contributed by atoms with Gasteiger partial charge in [-0.05, 0) is 41.9 Å². The van der Waals surface area contributed by atoms with Gasteiger partial charge in [-0.2, -0.15) is 5.10 Å². The molecule has 0 saturated carbocycles. The smallest absolute Gasteiger partial charge is 0.212 e. The average molecular weight is 329 g/mol. The molecule has 0 unspecified atom stereocenters. The average Bonchev–Trinajstić information content (AvgIpc) is 2.70. The number of carbonyl (C=O) groups excluding carboxylic acids is 1. The van der Waals surface area contributed by atoms with Crippen LogP contribution in [0.25, 0.3) is 0 Å². The van der Waals surface area contributed by atoms with Crippen molar-refractivity contribution in [2.45, 2.75) is 19.9 Å². The molecular formula is C12H11BrClN3O. The highest BCUT2D eigenvalue weighted by molar-refractivity contribution is 9.10. The fraction of sp³-hybridized carbons (Fsp3) is 0.250. The first-order valence-corrected chi connectivity index (χ1v) is 6.57. The Kier molecular flexibility index (Phi) is 3.82. The fourth-order valence-electron chi connectivity index (χ4n) is 1.63. The number of rotatable bonds is 3. The maximum Gasteiger partial charge on any atom is 0.212 e. The molecule has 2 rings (SSSR count). The molecule has 4 nitrogen and oxygen atoms in total. The maximum atomic E-state index is 12.4. The molecule has 18 heavy (non-hydrogen) atoms. The minimum Gasteiger partial charge on any atom is -0.287 e. The van der Waals surface area contributed by atoms with Gasteiger partial charge >= 0.3 is 0 Å². The quantitative estimate of drug-likeness (QED) is 0.640. The van der Waals surface area contributed by atoms with E-state index in [0.717, 1.165) is 0 Å². The van der Waals surface area contributed by atoms with Crippen molar-refractivity contribution in [3.63, 3.8) is 0 Å². The normalized spacial score (nSPS) is 10.9. The third-order valence-corrected chi connectivity index (χ3v) is 3.23. The van der Waals surface area contributed by atoms with E-state index >= 15 is 0 Å². The topological polar surface area (TPSA) is 47.8 Å². The lowest BCUT2D eigenvalue weighted by atomic mass is 10.1. The third kappa shape index (κ3) is 2.47. The van der Waals surface area contributed by atoms with Gasteiger partial charge in [0.1, 0.15) is 10.8 Å². The molecule has 0 aliphatic heterocycles. The van der Waals surface area contributed by atoms with Crippen LogP contribution in [0.2, 0.25) is 5.15 Å². The molecule has 2 heterocycles. The van der Waals surface area contributed by atoms with Gasteiger partial charge in [-0.25, -0.2) is 4.98 Å². The summed E-state index contributed by atoms with van der Waals surface area (Å²) in [5.74, 6) is -0.127. The number of hydrogen-bond donors (Lipinski definition) is 0. The van der Waals surface area contributed by atoms with Crippen LogP contribution in [0.4, 0.5) is 0 Å². The van der Waals surface area contributed by atoms with Crippen LogP contribution < -0.4 is 0 Å². The van der Waals surface area contributed by atoms with Crippen LogP contribution in [0, 0.1) is 0 Å². The van der Waals surface area contributed by atoms with Gasteiger partial charge in [-0.3, -0.25) is 9.48 Å². The molecule has 2 aromatic rings. The Hall–Kier alpha value is -1.20. The Morgan fingerprint density at radius 1 is 1.50 bits per heavy atom. The molecule has 94 valence electrons. The van der Waals surface area contributed by atoms with E-state index in [1.54, 1.807) is 23.0 Å². The van der Waals surface area contributed by atoms with Gasteiger partial charge in [0.25, 0.3) is 0 Å². The zero-order valence-electron chi connectivity index (χ0n) is 9.89. The minimum absolute atomic E-state index is 0.104. The van der Waals surface area contributed by atoms with E-state index in [4.69, 9.17) is 11.6 Å². The molecule has 0 spiro atoms. The molecule has 2 aromatic heterocycles. The van der Waals surface area contributed by atoms with Gasteiger partial charge in [0.15, 0.2) is 0 Å². The van der Waals surface area contributed by atoms with E-state index < -0.39 is 0 Å². The first kappa shape index (κ1) is 13.2. The Morgan fingerprint density at radius 3 is 2.83 bits per heavy atom. The van der Waals surface area contributed by atoms with Crippen LogP contribution in [-0.4, -0.2) is 20.5 Å². The van der Waals surface area contributed by atoms with Crippen molar-refractivity contribution in [3.05, 3.63) is 45.4 Å². The largest absolute Gasteiger partial charge is 0.287 e. The number of carbonyl (C=O) groups is 1. The summed E-state index contributed by atoms with van der Waals surface area (Å²) < 4.78 is 2.36. The summed E-state index contributed by atoms with van der Waals surface area (Å²) in [6, 6.07) is 3.29. The van der Waals surface area contributed by atoms with E-state index in [2.05, 4.69) is 26.0 Å². The molecule has 0 aliphatic carbocycles. The van der Waals surface area contributed by atoms with Crippen LogP contribution in [0.1, 0.15) is 35.9 Å². The lowest BCUT2D eigenvalue weighted by Gasteiger charge is -2.10. The number of halogens is 2. The van der Waals surface area contributed by atoms with E-state index in [-0.39, 0.29) is 11.8 Å². The zero-order valence-corrected chi connectivity index (χ0v) is 12.2. The summed E-state index contributed by atoms with van der Waals surface area (Å²) in [6.07, 6.45) is 3.13. The predicted octanol–water partition coefficient (Wildman–Crippen LogP) is 3.51. The number of nitrogens with zero attached hydrogens (tertiary/aromatic N) is 3. The zero-order chi connectivity index (χ0) is 13.3. The summed E-state index contributed by atoms with van der Waals surface area (Å²) in [4.78, 5) is 16.3. The monoisotopic (exact) mass is 327 g/mol. The maximum absolute atomic E-state index is 12.4. The van der Waals surface area contributed by atoms with Crippen molar-refractivity contribution in [1.29, 1.82) is 0 Å². The lowest BCUT2D eigenvalue weighted by Crippen LogP contribution is -2.14. The number of pyridine rings is 1. The molecular weight excluding hydrogens is 318 g/mol. The summed E-state index contributed by atoms with van der Waals surface area (Å²) in [7, 11) is 0. The van der Waals surface area contributed by atoms with E-state index in [0.29, 0.717) is 20.9 Å². The number of aromatic nitrogens is 3. The summed E-state index contributed by atoms with van der Waals surface area (Å²) in [5, 5.41) is 4.48. The second-order valence-electron chi connectivity index (χ2n) is 4.08. The van der Waals surface area contributed by atoms with Crippen LogP contribution in [-0.2, 0) is 0 Å². The van der Waals surface area contributed by atoms with Crippen molar-refractivity contribution >= 4 is 33.3 Å². The molecule has 0 aliphatic rings. The Balaban J connectivity index is 2.49. The molecule has 0 amide bonds. The van der Waals surface area contributed by atoms with E-state index in [9.17, 15) is 4.79 Å². The number of ketones is 1. The second kappa shape index (κ2) is 5.20. The molecule has 0 fully saturated rings. The molecule has 0 saturated heterocycles. The highest BCUT2D eigenvalue weighted by Gasteiger charge is 2.20. The van der Waals surface area contributed by atoms with Crippen LogP contribution in [0.5, 0.6) is 0 Å². The van der Waals surface area contributed by atoms with Crippen molar-refractivity contribution in [1.82, 2.24) is 14.8 Å². The van der Waals surface area contributed by atoms with Gasteiger partial charge in [-0.15, -0.1) is 0 Å². The van der Waals surface area contributed by atoms with Crippen molar-refractivity contribution in [2.24, 2.45) is 0 Å². The van der Waals surface area contributed by atoms with Crippen LogP contribution in [0.3, 0.4) is 0 Å². The Morgan fingerprint density at radius 2 is 2.22 bits per heavy atom. The standard InChI is InChI=1S/C12H11BrClN3O/c1-7(2)17-11(9(13)6-16-17)12(18)8-3-4-15-10(14)5-8/h3-7H,1-2H3. The van der Waals surface area contributed by atoms with Gasteiger partial charge in [0.2, 0.25) is 5.78 Å². The lowest BCUT2D eigenvalue weighted by molar-refractivity contribution is 0.102. The molecule has 0 bridgehead atoms. The fourth-order valence-corrected chi connectivity index (χ4v) is 2.25. The highest BCUT2D eigenvalue weighted by Crippen LogP contribution is 2.23. The molecule has 6 heteroatoms. The van der Waals surface area contributed by atoms with E-state index in [1.165, 1.54) is 6.20 Å². The molecule has 0 N–H and O–H groups in total. The van der Waals surface area contributed by atoms with Gasteiger partial charge in [-0.1, -0.05) is 11.6 Å². The first-order chi connectivity index (χ1) is 8.50. The van der Waals surface area contributed by atoms with Gasteiger partial charge in [0.05, 0.1) is 10.7 Å². The Bertz CT molecular complexity index is 595. The Labute approximate surface area is 118 Å². The SMILES string of the molecule is CC(C)n1ncc(Br)c1C(=O)c1ccnc(Cl)c1. The van der Waals surface area contributed by atoms with Gasteiger partial charge in [0, 0.05) is 17.8 Å². The highest BCUT2D eigenvalue weighted by atomic mass is 79.9. The second-order valence-corrected chi connectivity index (χ2v) is 5.32.